The molecule has 2 rings (SSSR count). The molecule has 0 amide bonds. The number of carbonyl (C=O) groups excluding carboxylic acids is 1. The normalized spacial score (nSPS) is 10.2. The first-order chi connectivity index (χ1) is 7.29. The van der Waals surface area contributed by atoms with Gasteiger partial charge in [0.15, 0.2) is 6.29 Å². The van der Waals surface area contributed by atoms with Gasteiger partial charge in [-0.25, -0.2) is 0 Å². The molecular formula is C11H11N3O. The van der Waals surface area contributed by atoms with Crippen molar-refractivity contribution in [1.29, 1.82) is 0 Å². The second-order valence-corrected chi connectivity index (χ2v) is 3.35. The predicted molar refractivity (Wildman–Crippen MR) is 55.6 cm³/mol. The highest BCUT2D eigenvalue weighted by atomic mass is 16.1. The van der Waals surface area contributed by atoms with Crippen molar-refractivity contribution < 1.29 is 4.79 Å². The molecule has 0 unspecified atom stereocenters. The Hall–Kier alpha value is -1.97. The topological polar surface area (TPSA) is 47.8 Å². The van der Waals surface area contributed by atoms with Gasteiger partial charge in [-0.2, -0.15) is 5.10 Å². The van der Waals surface area contributed by atoms with Crippen LogP contribution < -0.4 is 0 Å². The molecule has 0 saturated heterocycles. The predicted octanol–water partition coefficient (Wildman–Crippen LogP) is 1.22. The van der Waals surface area contributed by atoms with Gasteiger partial charge in [0, 0.05) is 32.1 Å². The van der Waals surface area contributed by atoms with E-state index in [1.807, 2.05) is 19.2 Å². The van der Waals surface area contributed by atoms with Gasteiger partial charge in [-0.1, -0.05) is 0 Å². The van der Waals surface area contributed by atoms with Crippen LogP contribution in [0, 0.1) is 0 Å². The fourth-order valence-electron chi connectivity index (χ4n) is 1.48. The zero-order chi connectivity index (χ0) is 10.7. The van der Waals surface area contributed by atoms with E-state index < -0.39 is 0 Å². The molecule has 76 valence electrons. The van der Waals surface area contributed by atoms with E-state index in [0.717, 1.165) is 17.5 Å². The van der Waals surface area contributed by atoms with Crippen molar-refractivity contribution in [1.82, 2.24) is 14.8 Å². The second kappa shape index (κ2) is 4.04. The standard InChI is InChI=1S/C11H11N3O/c1-14-7-10(8-15)11(13-14)6-9-2-4-12-5-3-9/h2-5,7-8H,6H2,1H3. The summed E-state index contributed by atoms with van der Waals surface area (Å²) in [6, 6.07) is 3.84. The number of nitrogens with zero attached hydrogens (tertiary/aromatic N) is 3. The van der Waals surface area contributed by atoms with Crippen LogP contribution in [0.2, 0.25) is 0 Å². The third-order valence-electron chi connectivity index (χ3n) is 2.19. The van der Waals surface area contributed by atoms with Crippen LogP contribution in [0.3, 0.4) is 0 Å². The second-order valence-electron chi connectivity index (χ2n) is 3.35. The fraction of sp³-hybridized carbons (Fsp3) is 0.182. The smallest absolute Gasteiger partial charge is 0.153 e. The van der Waals surface area contributed by atoms with Crippen LogP contribution in [-0.4, -0.2) is 21.1 Å². The molecule has 0 aromatic carbocycles. The fourth-order valence-corrected chi connectivity index (χ4v) is 1.48. The Morgan fingerprint density at radius 3 is 2.80 bits per heavy atom. The molecule has 0 radical (unpaired) electrons. The number of aryl methyl sites for hydroxylation is 1. The first-order valence-electron chi connectivity index (χ1n) is 4.66. The summed E-state index contributed by atoms with van der Waals surface area (Å²) in [6.45, 7) is 0. The molecule has 2 aromatic rings. The van der Waals surface area contributed by atoms with E-state index in [1.54, 1.807) is 23.3 Å². The third kappa shape index (κ3) is 2.10. The Bertz CT molecular complexity index is 462. The number of carbonyl (C=O) groups is 1. The quantitative estimate of drug-likeness (QED) is 0.701. The van der Waals surface area contributed by atoms with Gasteiger partial charge in [-0.15, -0.1) is 0 Å². The molecule has 15 heavy (non-hydrogen) atoms. The molecule has 2 aromatic heterocycles. The average molecular weight is 201 g/mol. The zero-order valence-corrected chi connectivity index (χ0v) is 8.42. The van der Waals surface area contributed by atoms with Gasteiger partial charge in [-0.05, 0) is 17.7 Å². The van der Waals surface area contributed by atoms with Gasteiger partial charge in [0.25, 0.3) is 0 Å². The van der Waals surface area contributed by atoms with Crippen LogP contribution in [0.4, 0.5) is 0 Å². The van der Waals surface area contributed by atoms with E-state index in [4.69, 9.17) is 0 Å². The van der Waals surface area contributed by atoms with Gasteiger partial charge in [0.2, 0.25) is 0 Å². The van der Waals surface area contributed by atoms with Gasteiger partial charge >= 0.3 is 0 Å². The molecule has 4 heteroatoms. The lowest BCUT2D eigenvalue weighted by Gasteiger charge is -1.97. The molecule has 0 spiro atoms. The number of hydrogen-bond donors (Lipinski definition) is 0. The van der Waals surface area contributed by atoms with E-state index in [9.17, 15) is 4.79 Å². The Balaban J connectivity index is 2.28. The molecule has 0 fully saturated rings. The van der Waals surface area contributed by atoms with Crippen molar-refractivity contribution in [3.63, 3.8) is 0 Å². The van der Waals surface area contributed by atoms with Crippen molar-refractivity contribution in [2.24, 2.45) is 7.05 Å². The van der Waals surface area contributed by atoms with Crippen molar-refractivity contribution in [2.75, 3.05) is 0 Å². The molecule has 0 aliphatic rings. The van der Waals surface area contributed by atoms with Crippen LogP contribution in [0.15, 0.2) is 30.7 Å². The SMILES string of the molecule is Cn1cc(C=O)c(Cc2ccncc2)n1. The van der Waals surface area contributed by atoms with Crippen LogP contribution in [0.1, 0.15) is 21.6 Å². The van der Waals surface area contributed by atoms with Crippen LogP contribution in [-0.2, 0) is 13.5 Å². The molecular weight excluding hydrogens is 190 g/mol. The molecule has 0 saturated carbocycles. The summed E-state index contributed by atoms with van der Waals surface area (Å²) in [5.41, 5.74) is 2.56. The summed E-state index contributed by atoms with van der Waals surface area (Å²) in [6.07, 6.45) is 6.70. The van der Waals surface area contributed by atoms with E-state index >= 15 is 0 Å². The third-order valence-corrected chi connectivity index (χ3v) is 2.19. The van der Waals surface area contributed by atoms with Crippen LogP contribution in [0.5, 0.6) is 0 Å². The molecule has 0 N–H and O–H groups in total. The highest BCUT2D eigenvalue weighted by Crippen LogP contribution is 2.09. The van der Waals surface area contributed by atoms with E-state index in [-0.39, 0.29) is 0 Å². The van der Waals surface area contributed by atoms with Crippen molar-refractivity contribution in [3.8, 4) is 0 Å². The minimum absolute atomic E-state index is 0.648. The Kier molecular flexibility index (Phi) is 2.58. The molecule has 0 bridgehead atoms. The van der Waals surface area contributed by atoms with Gasteiger partial charge in [-0.3, -0.25) is 14.5 Å². The Morgan fingerprint density at radius 2 is 2.13 bits per heavy atom. The highest BCUT2D eigenvalue weighted by molar-refractivity contribution is 5.76. The van der Waals surface area contributed by atoms with Gasteiger partial charge in [0.1, 0.15) is 0 Å². The summed E-state index contributed by atoms with van der Waals surface area (Å²) >= 11 is 0. The summed E-state index contributed by atoms with van der Waals surface area (Å²) in [4.78, 5) is 14.7. The van der Waals surface area contributed by atoms with Crippen molar-refractivity contribution in [2.45, 2.75) is 6.42 Å². The number of aldehydes is 1. The maximum atomic E-state index is 10.8. The number of hydrogen-bond acceptors (Lipinski definition) is 3. The number of aromatic nitrogens is 3. The average Bonchev–Trinajstić information content (AvgIpc) is 2.60. The highest BCUT2D eigenvalue weighted by Gasteiger charge is 2.06. The van der Waals surface area contributed by atoms with E-state index in [1.165, 1.54) is 0 Å². The van der Waals surface area contributed by atoms with Crippen molar-refractivity contribution >= 4 is 6.29 Å². The zero-order valence-electron chi connectivity index (χ0n) is 8.42. The lowest BCUT2D eigenvalue weighted by molar-refractivity contribution is 0.112. The van der Waals surface area contributed by atoms with Crippen LogP contribution in [0.25, 0.3) is 0 Å². The molecule has 4 nitrogen and oxygen atoms in total. The molecule has 2 heterocycles. The summed E-state index contributed by atoms with van der Waals surface area (Å²) in [7, 11) is 1.81. The maximum Gasteiger partial charge on any atom is 0.153 e. The largest absolute Gasteiger partial charge is 0.298 e. The minimum Gasteiger partial charge on any atom is -0.298 e. The minimum atomic E-state index is 0.648. The monoisotopic (exact) mass is 201 g/mol. The first kappa shape index (κ1) is 9.58. The Labute approximate surface area is 87.6 Å². The van der Waals surface area contributed by atoms with Gasteiger partial charge in [0.05, 0.1) is 11.3 Å². The summed E-state index contributed by atoms with van der Waals surface area (Å²) in [5, 5.41) is 4.24. The van der Waals surface area contributed by atoms with Crippen LogP contribution >= 0.6 is 0 Å². The lowest BCUT2D eigenvalue weighted by Crippen LogP contribution is -1.94. The Morgan fingerprint density at radius 1 is 1.40 bits per heavy atom. The van der Waals surface area contributed by atoms with E-state index in [0.29, 0.717) is 12.0 Å². The summed E-state index contributed by atoms with van der Waals surface area (Å²) < 4.78 is 1.65. The molecule has 0 atom stereocenters. The number of pyridine rings is 1. The van der Waals surface area contributed by atoms with Crippen molar-refractivity contribution in [3.05, 3.63) is 47.5 Å². The maximum absolute atomic E-state index is 10.8. The summed E-state index contributed by atoms with van der Waals surface area (Å²) in [5.74, 6) is 0. The lowest BCUT2D eigenvalue weighted by atomic mass is 10.1. The van der Waals surface area contributed by atoms with Gasteiger partial charge < -0.3 is 0 Å². The molecule has 0 aliphatic carbocycles. The molecule has 0 aliphatic heterocycles. The first-order valence-corrected chi connectivity index (χ1v) is 4.66. The van der Waals surface area contributed by atoms with E-state index in [2.05, 4.69) is 10.1 Å². The number of rotatable bonds is 3.